The molecule has 0 bridgehead atoms. The monoisotopic (exact) mass is 346 g/mol. The van der Waals surface area contributed by atoms with Crippen molar-refractivity contribution >= 4 is 5.91 Å². The Labute approximate surface area is 153 Å². The number of rotatable bonds is 5. The molecule has 1 aliphatic rings. The number of benzene rings is 2. The van der Waals surface area contributed by atoms with Crippen LogP contribution in [0.15, 0.2) is 54.9 Å². The van der Waals surface area contributed by atoms with Gasteiger partial charge >= 0.3 is 0 Å². The normalized spacial score (nSPS) is 14.5. The van der Waals surface area contributed by atoms with E-state index in [2.05, 4.69) is 48.2 Å². The van der Waals surface area contributed by atoms with E-state index in [0.29, 0.717) is 13.1 Å². The summed E-state index contributed by atoms with van der Waals surface area (Å²) in [6, 6.07) is 16.1. The number of hydrogen-bond acceptors (Lipinski definition) is 3. The molecule has 5 nitrogen and oxygen atoms in total. The molecule has 132 valence electrons. The van der Waals surface area contributed by atoms with Gasteiger partial charge in [0.05, 0.1) is 12.6 Å². The zero-order chi connectivity index (χ0) is 18.1. The summed E-state index contributed by atoms with van der Waals surface area (Å²) >= 11 is 0. The molecule has 1 aromatic heterocycles. The van der Waals surface area contributed by atoms with Crippen molar-refractivity contribution in [1.82, 2.24) is 19.7 Å². The molecule has 1 aliphatic heterocycles. The summed E-state index contributed by atoms with van der Waals surface area (Å²) in [5.74, 6) is 0.924. The van der Waals surface area contributed by atoms with Crippen molar-refractivity contribution in [1.29, 1.82) is 0 Å². The highest BCUT2D eigenvalue weighted by atomic mass is 16.2. The lowest BCUT2D eigenvalue weighted by atomic mass is 10.1. The van der Waals surface area contributed by atoms with Gasteiger partial charge in [-0.25, -0.2) is 9.67 Å². The summed E-state index contributed by atoms with van der Waals surface area (Å²) in [5.41, 5.74) is 4.29. The van der Waals surface area contributed by atoms with Gasteiger partial charge in [0.1, 0.15) is 12.2 Å². The Bertz CT molecular complexity index is 946. The van der Waals surface area contributed by atoms with E-state index < -0.39 is 0 Å². The van der Waals surface area contributed by atoms with Crippen molar-refractivity contribution in [3.05, 3.63) is 82.9 Å². The van der Waals surface area contributed by atoms with Gasteiger partial charge in [-0.1, -0.05) is 55.0 Å². The van der Waals surface area contributed by atoms with Crippen LogP contribution in [0.2, 0.25) is 0 Å². The maximum Gasteiger partial charge on any atom is 0.255 e. The summed E-state index contributed by atoms with van der Waals surface area (Å²) in [6.07, 6.45) is 2.38. The predicted octanol–water partition coefficient (Wildman–Crippen LogP) is 3.74. The Balaban J connectivity index is 1.63. The maximum atomic E-state index is 12.9. The molecule has 0 aliphatic carbocycles. The minimum Gasteiger partial charge on any atom is -0.324 e. The van der Waals surface area contributed by atoms with Gasteiger partial charge in [0.15, 0.2) is 0 Å². The standard InChI is InChI=1S/C21H22N4O/c1-3-19(24-13-17-9-4-5-10-18(17)21(24)26)20-22-14-23-25(20)12-16-8-6-7-15(2)11-16/h4-11,14,19H,3,12-13H2,1-2H3. The predicted molar refractivity (Wildman–Crippen MR) is 99.7 cm³/mol. The molecule has 2 heterocycles. The first kappa shape index (κ1) is 16.5. The average Bonchev–Trinajstić information content (AvgIpc) is 3.22. The second-order valence-corrected chi connectivity index (χ2v) is 6.78. The lowest BCUT2D eigenvalue weighted by molar-refractivity contribution is 0.0683. The van der Waals surface area contributed by atoms with E-state index in [4.69, 9.17) is 0 Å². The minimum atomic E-state index is -0.0813. The van der Waals surface area contributed by atoms with Crippen LogP contribution in [0.5, 0.6) is 0 Å². The summed E-state index contributed by atoms with van der Waals surface area (Å²) < 4.78 is 1.92. The number of carbonyl (C=O) groups is 1. The van der Waals surface area contributed by atoms with Crippen LogP contribution in [0, 0.1) is 6.92 Å². The molecule has 0 fully saturated rings. The molecule has 0 radical (unpaired) electrons. The van der Waals surface area contributed by atoms with Crippen molar-refractivity contribution in [3.63, 3.8) is 0 Å². The smallest absolute Gasteiger partial charge is 0.255 e. The first-order chi connectivity index (χ1) is 12.7. The summed E-state index contributed by atoms with van der Waals surface area (Å²) in [5, 5.41) is 4.42. The molecular formula is C21H22N4O. The van der Waals surface area contributed by atoms with E-state index in [9.17, 15) is 4.79 Å². The van der Waals surface area contributed by atoms with E-state index in [1.807, 2.05) is 33.8 Å². The molecular weight excluding hydrogens is 324 g/mol. The van der Waals surface area contributed by atoms with Crippen LogP contribution in [0.4, 0.5) is 0 Å². The lowest BCUT2D eigenvalue weighted by Crippen LogP contribution is -2.31. The Morgan fingerprint density at radius 3 is 2.77 bits per heavy atom. The van der Waals surface area contributed by atoms with Crippen LogP contribution in [0.25, 0.3) is 0 Å². The van der Waals surface area contributed by atoms with E-state index in [0.717, 1.165) is 23.4 Å². The molecule has 2 aromatic carbocycles. The molecule has 1 amide bonds. The van der Waals surface area contributed by atoms with Crippen molar-refractivity contribution in [3.8, 4) is 0 Å². The lowest BCUT2D eigenvalue weighted by Gasteiger charge is -2.26. The van der Waals surface area contributed by atoms with Gasteiger partial charge in [-0.2, -0.15) is 5.10 Å². The summed E-state index contributed by atoms with van der Waals surface area (Å²) in [6.45, 7) is 5.46. The number of amides is 1. The van der Waals surface area contributed by atoms with Gasteiger partial charge in [0.25, 0.3) is 5.91 Å². The van der Waals surface area contributed by atoms with Gasteiger partial charge < -0.3 is 4.90 Å². The number of aromatic nitrogens is 3. The van der Waals surface area contributed by atoms with Crippen LogP contribution in [0.1, 0.15) is 52.3 Å². The number of nitrogens with zero attached hydrogens (tertiary/aromatic N) is 4. The summed E-state index contributed by atoms with van der Waals surface area (Å²) in [7, 11) is 0. The fourth-order valence-electron chi connectivity index (χ4n) is 3.71. The number of aryl methyl sites for hydroxylation is 1. The first-order valence-electron chi connectivity index (χ1n) is 8.99. The van der Waals surface area contributed by atoms with Gasteiger partial charge in [0.2, 0.25) is 0 Å². The highest BCUT2D eigenvalue weighted by Crippen LogP contribution is 2.32. The van der Waals surface area contributed by atoms with Crippen molar-refractivity contribution < 1.29 is 4.79 Å². The van der Waals surface area contributed by atoms with Gasteiger partial charge in [-0.05, 0) is 30.5 Å². The third-order valence-corrected chi connectivity index (χ3v) is 4.97. The topological polar surface area (TPSA) is 51.0 Å². The van der Waals surface area contributed by atoms with Crippen molar-refractivity contribution in [2.24, 2.45) is 0 Å². The Kier molecular flexibility index (Phi) is 4.29. The quantitative estimate of drug-likeness (QED) is 0.707. The zero-order valence-corrected chi connectivity index (χ0v) is 15.1. The average molecular weight is 346 g/mol. The van der Waals surface area contributed by atoms with Crippen LogP contribution >= 0.6 is 0 Å². The molecule has 5 heteroatoms. The van der Waals surface area contributed by atoms with Crippen LogP contribution in [-0.2, 0) is 13.1 Å². The van der Waals surface area contributed by atoms with E-state index in [1.54, 1.807) is 6.33 Å². The van der Waals surface area contributed by atoms with Gasteiger partial charge in [0, 0.05) is 12.1 Å². The first-order valence-corrected chi connectivity index (χ1v) is 8.99. The molecule has 0 saturated carbocycles. The Morgan fingerprint density at radius 1 is 1.15 bits per heavy atom. The molecule has 1 unspecified atom stereocenters. The molecule has 4 rings (SSSR count). The van der Waals surface area contributed by atoms with Gasteiger partial charge in [-0.15, -0.1) is 0 Å². The van der Waals surface area contributed by atoms with Crippen LogP contribution in [-0.4, -0.2) is 25.6 Å². The largest absolute Gasteiger partial charge is 0.324 e. The second-order valence-electron chi connectivity index (χ2n) is 6.78. The van der Waals surface area contributed by atoms with E-state index in [-0.39, 0.29) is 11.9 Å². The fourth-order valence-corrected chi connectivity index (χ4v) is 3.71. The fraction of sp³-hybridized carbons (Fsp3) is 0.286. The van der Waals surface area contributed by atoms with Crippen LogP contribution < -0.4 is 0 Å². The molecule has 26 heavy (non-hydrogen) atoms. The van der Waals surface area contributed by atoms with Crippen LogP contribution in [0.3, 0.4) is 0 Å². The molecule has 0 N–H and O–H groups in total. The molecule has 3 aromatic rings. The molecule has 0 spiro atoms. The zero-order valence-electron chi connectivity index (χ0n) is 15.1. The third-order valence-electron chi connectivity index (χ3n) is 4.97. The van der Waals surface area contributed by atoms with E-state index in [1.165, 1.54) is 11.1 Å². The Morgan fingerprint density at radius 2 is 2.00 bits per heavy atom. The number of hydrogen-bond donors (Lipinski definition) is 0. The SMILES string of the molecule is CCC(c1ncnn1Cc1cccc(C)c1)N1Cc2ccccc2C1=O. The molecule has 0 saturated heterocycles. The summed E-state index contributed by atoms with van der Waals surface area (Å²) in [4.78, 5) is 19.3. The Hall–Kier alpha value is -2.95. The van der Waals surface area contributed by atoms with Crippen molar-refractivity contribution in [2.75, 3.05) is 0 Å². The maximum absolute atomic E-state index is 12.9. The second kappa shape index (κ2) is 6.75. The van der Waals surface area contributed by atoms with Crippen molar-refractivity contribution in [2.45, 2.75) is 39.4 Å². The number of carbonyl (C=O) groups excluding carboxylic acids is 1. The number of fused-ring (bicyclic) bond motifs is 1. The minimum absolute atomic E-state index is 0.0811. The highest BCUT2D eigenvalue weighted by molar-refractivity contribution is 5.98. The molecule has 1 atom stereocenters. The van der Waals surface area contributed by atoms with Gasteiger partial charge in [-0.3, -0.25) is 4.79 Å². The highest BCUT2D eigenvalue weighted by Gasteiger charge is 2.34. The van der Waals surface area contributed by atoms with E-state index >= 15 is 0 Å². The third kappa shape index (κ3) is 2.90.